The van der Waals surface area contributed by atoms with Gasteiger partial charge in [0.25, 0.3) is 0 Å². The third-order valence-electron chi connectivity index (χ3n) is 2.64. The van der Waals surface area contributed by atoms with Crippen LogP contribution in [-0.2, 0) is 0 Å². The monoisotopic (exact) mass is 370 g/mol. The summed E-state index contributed by atoms with van der Waals surface area (Å²) in [4.78, 5) is 5.81. The number of fused-ring (bicyclic) bond motifs is 1. The van der Waals surface area contributed by atoms with Crippen LogP contribution in [0.3, 0.4) is 0 Å². The first-order chi connectivity index (χ1) is 8.15. The maximum atomic E-state index is 4.63. The predicted molar refractivity (Wildman–Crippen MR) is 78.6 cm³/mol. The summed E-state index contributed by atoms with van der Waals surface area (Å²) in [7, 11) is 0. The van der Waals surface area contributed by atoms with Crippen LogP contribution in [0.25, 0.3) is 16.2 Å². The summed E-state index contributed by atoms with van der Waals surface area (Å²) in [5, 5.41) is 2.07. The van der Waals surface area contributed by atoms with Gasteiger partial charge < -0.3 is 4.40 Å². The number of hydrogen-bond acceptors (Lipinski definition) is 2. The quantitative estimate of drug-likeness (QED) is 0.594. The molecular formula is C12H8Br2N2S. The van der Waals surface area contributed by atoms with Crippen LogP contribution in [0.4, 0.5) is 0 Å². The van der Waals surface area contributed by atoms with Gasteiger partial charge in [-0.15, -0.1) is 11.3 Å². The standard InChI is InChI=1S/C12H8Br2N2S/c1-7-9(14)2-3-12-15-10(5-16(7)12)11-4-8(13)6-17-11/h2-6H,1H3. The van der Waals surface area contributed by atoms with Gasteiger partial charge in [-0.1, -0.05) is 0 Å². The van der Waals surface area contributed by atoms with Crippen molar-refractivity contribution in [3.63, 3.8) is 0 Å². The van der Waals surface area contributed by atoms with Gasteiger partial charge in [-0.2, -0.15) is 0 Å². The number of nitrogens with zero attached hydrogens (tertiary/aromatic N) is 2. The van der Waals surface area contributed by atoms with Crippen LogP contribution in [0.15, 0.2) is 38.7 Å². The molecule has 0 saturated heterocycles. The van der Waals surface area contributed by atoms with E-state index in [4.69, 9.17) is 0 Å². The van der Waals surface area contributed by atoms with E-state index in [0.29, 0.717) is 0 Å². The first-order valence-electron chi connectivity index (χ1n) is 5.04. The average Bonchev–Trinajstić information content (AvgIpc) is 2.90. The van der Waals surface area contributed by atoms with Crippen LogP contribution < -0.4 is 0 Å². The van der Waals surface area contributed by atoms with Crippen LogP contribution in [0.5, 0.6) is 0 Å². The summed E-state index contributed by atoms with van der Waals surface area (Å²) >= 11 is 8.69. The van der Waals surface area contributed by atoms with E-state index in [1.54, 1.807) is 11.3 Å². The van der Waals surface area contributed by atoms with Gasteiger partial charge in [0.1, 0.15) is 5.65 Å². The van der Waals surface area contributed by atoms with Crippen LogP contribution in [0.1, 0.15) is 5.69 Å². The molecule has 2 nitrogen and oxygen atoms in total. The molecule has 0 aromatic carbocycles. The van der Waals surface area contributed by atoms with Crippen molar-refractivity contribution in [1.29, 1.82) is 0 Å². The molecule has 0 aliphatic rings. The molecule has 0 amide bonds. The second-order valence-electron chi connectivity index (χ2n) is 3.75. The number of rotatable bonds is 1. The second-order valence-corrected chi connectivity index (χ2v) is 6.43. The maximum absolute atomic E-state index is 4.63. The minimum absolute atomic E-state index is 0.977. The number of thiophene rings is 1. The van der Waals surface area contributed by atoms with Gasteiger partial charge in [0.2, 0.25) is 0 Å². The Morgan fingerprint density at radius 1 is 1.29 bits per heavy atom. The number of hydrogen-bond donors (Lipinski definition) is 0. The summed E-state index contributed by atoms with van der Waals surface area (Å²) in [5.41, 5.74) is 3.16. The highest BCUT2D eigenvalue weighted by Crippen LogP contribution is 2.30. The van der Waals surface area contributed by atoms with E-state index in [1.165, 1.54) is 4.88 Å². The second kappa shape index (κ2) is 4.23. The molecule has 0 N–H and O–H groups in total. The minimum atomic E-state index is 0.977. The number of halogens is 2. The van der Waals surface area contributed by atoms with Gasteiger partial charge in [0.15, 0.2) is 0 Å². The lowest BCUT2D eigenvalue weighted by atomic mass is 10.3. The van der Waals surface area contributed by atoms with Gasteiger partial charge in [-0.05, 0) is 57.0 Å². The van der Waals surface area contributed by atoms with Crippen molar-refractivity contribution in [1.82, 2.24) is 9.38 Å². The zero-order valence-corrected chi connectivity index (χ0v) is 12.9. The molecule has 0 aliphatic carbocycles. The Kier molecular flexibility index (Phi) is 2.84. The average molecular weight is 372 g/mol. The number of pyridine rings is 1. The Morgan fingerprint density at radius 3 is 2.82 bits per heavy atom. The van der Waals surface area contributed by atoms with E-state index in [2.05, 4.69) is 65.8 Å². The van der Waals surface area contributed by atoms with Crippen molar-refractivity contribution in [2.24, 2.45) is 0 Å². The lowest BCUT2D eigenvalue weighted by molar-refractivity contribution is 1.08. The fourth-order valence-electron chi connectivity index (χ4n) is 1.73. The molecular weight excluding hydrogens is 364 g/mol. The molecule has 0 fully saturated rings. The normalized spacial score (nSPS) is 11.2. The summed E-state index contributed by atoms with van der Waals surface area (Å²) in [6, 6.07) is 6.14. The van der Waals surface area contributed by atoms with E-state index in [9.17, 15) is 0 Å². The van der Waals surface area contributed by atoms with Crippen molar-refractivity contribution in [3.8, 4) is 10.6 Å². The van der Waals surface area contributed by atoms with E-state index in [-0.39, 0.29) is 0 Å². The topological polar surface area (TPSA) is 17.3 Å². The Bertz CT molecular complexity index is 700. The third-order valence-corrected chi connectivity index (χ3v) is 5.19. The van der Waals surface area contributed by atoms with Gasteiger partial charge >= 0.3 is 0 Å². The number of aryl methyl sites for hydroxylation is 1. The van der Waals surface area contributed by atoms with Crippen LogP contribution in [0.2, 0.25) is 0 Å². The van der Waals surface area contributed by atoms with Gasteiger partial charge in [-0.3, -0.25) is 0 Å². The predicted octanol–water partition coefficient (Wildman–Crippen LogP) is 4.90. The lowest BCUT2D eigenvalue weighted by Crippen LogP contribution is -1.89. The number of imidazole rings is 1. The highest BCUT2D eigenvalue weighted by molar-refractivity contribution is 9.10. The molecule has 0 spiro atoms. The molecule has 0 unspecified atom stereocenters. The van der Waals surface area contributed by atoms with E-state index < -0.39 is 0 Å². The molecule has 3 aromatic rings. The van der Waals surface area contributed by atoms with Crippen molar-refractivity contribution in [3.05, 3.63) is 44.4 Å². The van der Waals surface area contributed by atoms with E-state index in [0.717, 1.165) is 26.0 Å². The summed E-state index contributed by atoms with van der Waals surface area (Å²) in [6.45, 7) is 2.08. The molecule has 3 aromatic heterocycles. The number of aromatic nitrogens is 2. The Hall–Kier alpha value is -0.650. The third kappa shape index (κ3) is 1.96. The van der Waals surface area contributed by atoms with Crippen molar-refractivity contribution in [2.45, 2.75) is 6.92 Å². The van der Waals surface area contributed by atoms with Crippen LogP contribution in [0, 0.1) is 6.92 Å². The van der Waals surface area contributed by atoms with Gasteiger partial charge in [0, 0.05) is 26.2 Å². The molecule has 17 heavy (non-hydrogen) atoms. The molecule has 86 valence electrons. The maximum Gasteiger partial charge on any atom is 0.137 e. The Balaban J connectivity index is 2.23. The summed E-state index contributed by atoms with van der Waals surface area (Å²) in [5.74, 6) is 0. The highest BCUT2D eigenvalue weighted by atomic mass is 79.9. The molecule has 3 heterocycles. The van der Waals surface area contributed by atoms with E-state index >= 15 is 0 Å². The molecule has 5 heteroatoms. The van der Waals surface area contributed by atoms with Gasteiger partial charge in [0.05, 0.1) is 10.6 Å². The Labute approximate surface area is 120 Å². The van der Waals surface area contributed by atoms with Crippen LogP contribution >= 0.6 is 43.2 Å². The zero-order chi connectivity index (χ0) is 12.0. The fraction of sp³-hybridized carbons (Fsp3) is 0.0833. The molecule has 0 atom stereocenters. The molecule has 0 radical (unpaired) electrons. The largest absolute Gasteiger partial charge is 0.303 e. The van der Waals surface area contributed by atoms with Gasteiger partial charge in [-0.25, -0.2) is 4.98 Å². The van der Waals surface area contributed by atoms with E-state index in [1.807, 2.05) is 12.1 Å². The van der Waals surface area contributed by atoms with Crippen LogP contribution in [-0.4, -0.2) is 9.38 Å². The summed E-state index contributed by atoms with van der Waals surface area (Å²) in [6.07, 6.45) is 2.08. The highest BCUT2D eigenvalue weighted by Gasteiger charge is 2.09. The molecule has 0 saturated carbocycles. The van der Waals surface area contributed by atoms with Crippen molar-refractivity contribution in [2.75, 3.05) is 0 Å². The molecule has 0 bridgehead atoms. The minimum Gasteiger partial charge on any atom is -0.303 e. The smallest absolute Gasteiger partial charge is 0.137 e. The SMILES string of the molecule is Cc1c(Br)ccc2nc(-c3cc(Br)cs3)cn12. The fourth-order valence-corrected chi connectivity index (χ4v) is 3.44. The lowest BCUT2D eigenvalue weighted by Gasteiger charge is -2.00. The molecule has 3 rings (SSSR count). The van der Waals surface area contributed by atoms with Crippen molar-refractivity contribution >= 4 is 48.8 Å². The summed E-state index contributed by atoms with van der Waals surface area (Å²) < 4.78 is 4.31. The molecule has 0 aliphatic heterocycles. The van der Waals surface area contributed by atoms with Crippen molar-refractivity contribution < 1.29 is 0 Å². The Morgan fingerprint density at radius 2 is 2.12 bits per heavy atom. The zero-order valence-electron chi connectivity index (χ0n) is 8.95. The first kappa shape index (κ1) is 11.4. The first-order valence-corrected chi connectivity index (χ1v) is 7.50.